The molecule has 7 rings (SSSR count). The average Bonchev–Trinajstić information content (AvgIpc) is 3.83. The molecule has 224 valence electrons. The maximum atomic E-state index is 13.0. The van der Waals surface area contributed by atoms with Gasteiger partial charge in [-0.1, -0.05) is 42.5 Å². The number of H-pyrrole nitrogens is 2. The van der Waals surface area contributed by atoms with Gasteiger partial charge in [0.05, 0.1) is 39.3 Å². The smallest absolute Gasteiger partial charge is 0.340 e. The van der Waals surface area contributed by atoms with Gasteiger partial charge < -0.3 is 30.4 Å². The van der Waals surface area contributed by atoms with Crippen molar-refractivity contribution in [3.8, 4) is 28.0 Å². The lowest BCUT2D eigenvalue weighted by atomic mass is 10.0. The minimum absolute atomic E-state index is 0.0114. The molecule has 0 atom stereocenters. The highest BCUT2D eigenvalue weighted by Crippen LogP contribution is 2.37. The normalized spacial score (nSPS) is 11.9. The van der Waals surface area contributed by atoms with Gasteiger partial charge in [0.15, 0.2) is 0 Å². The second-order valence-corrected chi connectivity index (χ2v) is 10.5. The van der Waals surface area contributed by atoms with Crippen molar-refractivity contribution < 1.29 is 34.8 Å². The zero-order valence-electron chi connectivity index (χ0n) is 23.6. The zero-order chi connectivity index (χ0) is 32.1. The second kappa shape index (κ2) is 10.8. The monoisotopic (exact) mass is 610 g/mol. The summed E-state index contributed by atoms with van der Waals surface area (Å²) in [6, 6.07) is 20.2. The Balaban J connectivity index is 1.76. The summed E-state index contributed by atoms with van der Waals surface area (Å²) in [5, 5.41) is 41.3. The summed E-state index contributed by atoms with van der Waals surface area (Å²) in [5.41, 5.74) is 2.80. The van der Waals surface area contributed by atoms with E-state index < -0.39 is 17.9 Å². The first-order chi connectivity index (χ1) is 22.2. The number of phenols is 1. The molecule has 11 nitrogen and oxygen atoms in total. The van der Waals surface area contributed by atoms with Crippen molar-refractivity contribution in [2.75, 3.05) is 0 Å². The second-order valence-electron chi connectivity index (χ2n) is 10.5. The molecule has 5 heterocycles. The molecule has 0 radical (unpaired) electrons. The lowest BCUT2D eigenvalue weighted by Crippen LogP contribution is -2.03. The minimum atomic E-state index is -1.36. The first-order valence-electron chi connectivity index (χ1n) is 13.9. The van der Waals surface area contributed by atoms with Crippen molar-refractivity contribution in [3.05, 3.63) is 112 Å². The van der Waals surface area contributed by atoms with Gasteiger partial charge in [0, 0.05) is 16.6 Å². The molecule has 0 spiro atoms. The van der Waals surface area contributed by atoms with E-state index in [0.717, 1.165) is 0 Å². The molecule has 0 saturated carbocycles. The third kappa shape index (κ3) is 4.68. The molecule has 46 heavy (non-hydrogen) atoms. The summed E-state index contributed by atoms with van der Waals surface area (Å²) in [6.45, 7) is 0. The Kier molecular flexibility index (Phi) is 6.56. The fourth-order valence-electron chi connectivity index (χ4n) is 5.77. The van der Waals surface area contributed by atoms with Gasteiger partial charge in [0.25, 0.3) is 0 Å². The van der Waals surface area contributed by atoms with Gasteiger partial charge in [-0.3, -0.25) is 0 Å². The molecule has 2 aliphatic heterocycles. The van der Waals surface area contributed by atoms with Gasteiger partial charge >= 0.3 is 17.9 Å². The first-order valence-corrected chi connectivity index (χ1v) is 13.9. The highest BCUT2D eigenvalue weighted by molar-refractivity contribution is 6.09. The van der Waals surface area contributed by atoms with Gasteiger partial charge in [0.1, 0.15) is 22.4 Å². The quantitative estimate of drug-likeness (QED) is 0.122. The molecule has 6 N–H and O–H groups in total. The molecule has 0 fully saturated rings. The van der Waals surface area contributed by atoms with E-state index in [9.17, 15) is 34.8 Å². The van der Waals surface area contributed by atoms with E-state index in [1.165, 1.54) is 36.4 Å². The number of aromatic nitrogens is 4. The van der Waals surface area contributed by atoms with Crippen molar-refractivity contribution in [2.24, 2.45) is 0 Å². The molecule has 0 saturated heterocycles. The van der Waals surface area contributed by atoms with E-state index in [1.54, 1.807) is 30.4 Å². The Morgan fingerprint density at radius 2 is 1.09 bits per heavy atom. The van der Waals surface area contributed by atoms with Crippen molar-refractivity contribution >= 4 is 64.3 Å². The highest BCUT2D eigenvalue weighted by atomic mass is 16.4. The highest BCUT2D eigenvalue weighted by Gasteiger charge is 2.24. The van der Waals surface area contributed by atoms with E-state index in [0.29, 0.717) is 33.5 Å². The number of benzene rings is 2. The summed E-state index contributed by atoms with van der Waals surface area (Å²) in [4.78, 5) is 53.3. The van der Waals surface area contributed by atoms with Crippen LogP contribution in [0.2, 0.25) is 0 Å². The van der Waals surface area contributed by atoms with Crippen LogP contribution in [-0.2, 0) is 0 Å². The molecule has 2 aromatic carbocycles. The van der Waals surface area contributed by atoms with E-state index in [-0.39, 0.29) is 56.1 Å². The van der Waals surface area contributed by atoms with Gasteiger partial charge in [-0.2, -0.15) is 0 Å². The third-order valence-electron chi connectivity index (χ3n) is 7.73. The van der Waals surface area contributed by atoms with Crippen LogP contribution in [0.5, 0.6) is 5.75 Å². The number of fused-ring (bicyclic) bond motifs is 8. The fourth-order valence-corrected chi connectivity index (χ4v) is 5.77. The largest absolute Gasteiger partial charge is 0.508 e. The molecule has 0 aliphatic carbocycles. The first kappa shape index (κ1) is 28.0. The van der Waals surface area contributed by atoms with Crippen LogP contribution >= 0.6 is 0 Å². The summed E-state index contributed by atoms with van der Waals surface area (Å²) >= 11 is 0. The fraction of sp³-hybridized carbons (Fsp3) is 0. The number of nitrogens with zero attached hydrogens (tertiary/aromatic N) is 2. The van der Waals surface area contributed by atoms with Crippen LogP contribution in [0, 0.1) is 0 Å². The van der Waals surface area contributed by atoms with Gasteiger partial charge in [-0.25, -0.2) is 24.4 Å². The summed E-state index contributed by atoms with van der Waals surface area (Å²) in [6.07, 6.45) is 6.03. The summed E-state index contributed by atoms with van der Waals surface area (Å²) < 4.78 is 0. The molecule has 0 unspecified atom stereocenters. The number of hydrogen-bond acceptors (Lipinski definition) is 6. The molecule has 2 aliphatic rings. The van der Waals surface area contributed by atoms with Gasteiger partial charge in [-0.15, -0.1) is 0 Å². The molecule has 0 amide bonds. The number of rotatable bonds is 5. The number of carboxylic acid groups (broad SMARTS) is 3. The van der Waals surface area contributed by atoms with Crippen LogP contribution in [0.1, 0.15) is 53.8 Å². The molecule has 8 bridgehead atoms. The average molecular weight is 611 g/mol. The van der Waals surface area contributed by atoms with Gasteiger partial charge in [-0.05, 0) is 65.8 Å². The maximum Gasteiger partial charge on any atom is 0.340 e. The van der Waals surface area contributed by atoms with Crippen LogP contribution in [0.15, 0.2) is 72.8 Å². The van der Waals surface area contributed by atoms with Crippen LogP contribution in [0.25, 0.3) is 68.6 Å². The van der Waals surface area contributed by atoms with Gasteiger partial charge in [0.2, 0.25) is 0 Å². The van der Waals surface area contributed by atoms with E-state index in [2.05, 4.69) is 15.0 Å². The Bertz CT molecular complexity index is 2370. The number of aromatic amines is 2. The van der Waals surface area contributed by atoms with Crippen molar-refractivity contribution in [1.29, 1.82) is 0 Å². The predicted octanol–water partition coefficient (Wildman–Crippen LogP) is 6.79. The van der Waals surface area contributed by atoms with Crippen molar-refractivity contribution in [3.63, 3.8) is 0 Å². The molecular formula is C35H22N4O7. The molecular weight excluding hydrogens is 588 g/mol. The maximum absolute atomic E-state index is 13.0. The number of carboxylic acids is 3. The Hall–Kier alpha value is -6.75. The number of carbonyl (C=O) groups is 3. The number of aromatic hydroxyl groups is 1. The Morgan fingerprint density at radius 1 is 0.543 bits per heavy atom. The topological polar surface area (TPSA) is 189 Å². The number of phenolic OH excluding ortho intramolecular Hbond substituents is 1. The van der Waals surface area contributed by atoms with E-state index in [1.807, 2.05) is 30.3 Å². The number of aromatic carboxylic acids is 3. The summed E-state index contributed by atoms with van der Waals surface area (Å²) in [5.74, 6) is -3.99. The zero-order valence-corrected chi connectivity index (χ0v) is 23.6. The Labute approximate surface area is 259 Å². The van der Waals surface area contributed by atoms with E-state index in [4.69, 9.17) is 4.98 Å². The third-order valence-corrected chi connectivity index (χ3v) is 7.73. The van der Waals surface area contributed by atoms with Crippen molar-refractivity contribution in [2.45, 2.75) is 0 Å². The molecule has 5 aromatic rings. The van der Waals surface area contributed by atoms with Crippen molar-refractivity contribution in [1.82, 2.24) is 19.9 Å². The predicted molar refractivity (Wildman–Crippen MR) is 172 cm³/mol. The Morgan fingerprint density at radius 3 is 1.67 bits per heavy atom. The molecule has 11 heteroatoms. The SMILES string of the molecule is O=C(O)c1c2nc(c(-c3ccccc3)c3cc(-c4cccc(O)c4)c([nH]3)c(C(=O)O)c3nc(c(C(=O)O)c4ccc1[nH]4)C=C3)C=C2. The summed E-state index contributed by atoms with van der Waals surface area (Å²) in [7, 11) is 0. The molecule has 3 aromatic heterocycles. The van der Waals surface area contributed by atoms with Crippen LogP contribution < -0.4 is 0 Å². The number of nitrogens with one attached hydrogen (secondary N) is 2. The lowest BCUT2D eigenvalue weighted by Gasteiger charge is -2.04. The van der Waals surface area contributed by atoms with Crippen LogP contribution in [0.4, 0.5) is 0 Å². The lowest BCUT2D eigenvalue weighted by molar-refractivity contribution is 0.0687. The minimum Gasteiger partial charge on any atom is -0.508 e. The standard InChI is InChI=1S/C35H22N4O7/c40-19-8-4-7-18(15-19)20-16-27-28(17-5-2-1-3-6-17)21-9-10-22(36-21)29(33(41)42)23-11-12-24(37-23)30(34(43)44)25-13-14-26(38-25)31(35(45)46)32(20)39-27/h1-16,37,39-40H,(H,41,42)(H,43,44)(H,45,46). The van der Waals surface area contributed by atoms with Crippen LogP contribution in [-0.4, -0.2) is 58.3 Å². The van der Waals surface area contributed by atoms with E-state index >= 15 is 0 Å². The number of hydrogen-bond donors (Lipinski definition) is 6. The van der Waals surface area contributed by atoms with Crippen LogP contribution in [0.3, 0.4) is 0 Å².